The predicted molar refractivity (Wildman–Crippen MR) is 107 cm³/mol. The molecule has 27 heavy (non-hydrogen) atoms. The Kier molecular flexibility index (Phi) is 6.09. The highest BCUT2D eigenvalue weighted by Crippen LogP contribution is 2.34. The van der Waals surface area contributed by atoms with Crippen LogP contribution in [0.3, 0.4) is 0 Å². The summed E-state index contributed by atoms with van der Waals surface area (Å²) in [6.07, 6.45) is 1.96. The normalized spacial score (nSPS) is 11.8. The molecule has 4 nitrogen and oxygen atoms in total. The van der Waals surface area contributed by atoms with Gasteiger partial charge in [-0.1, -0.05) is 48.0 Å². The Labute approximate surface area is 164 Å². The molecule has 138 valence electrons. The standard InChI is InChI=1S/C22H21ClN2O2/c1-25(15-17-8-4-5-12-24-17)22(27)14-20(16-7-6-9-18(26)13-16)19-10-2-3-11-21(19)23/h2-13,20,26H,14-15H2,1H3/t20-/m1/s1. The number of halogens is 1. The van der Waals surface area contributed by atoms with Gasteiger partial charge in [-0.25, -0.2) is 0 Å². The van der Waals surface area contributed by atoms with E-state index in [2.05, 4.69) is 4.98 Å². The third-order valence-electron chi connectivity index (χ3n) is 4.48. The third-order valence-corrected chi connectivity index (χ3v) is 4.83. The minimum Gasteiger partial charge on any atom is -0.508 e. The first-order chi connectivity index (χ1) is 13.0. The van der Waals surface area contributed by atoms with Crippen LogP contribution in [-0.4, -0.2) is 27.9 Å². The zero-order chi connectivity index (χ0) is 19.2. The summed E-state index contributed by atoms with van der Waals surface area (Å²) in [5.74, 6) is -0.0998. The molecule has 1 amide bonds. The molecular weight excluding hydrogens is 360 g/mol. The Balaban J connectivity index is 1.85. The average Bonchev–Trinajstić information content (AvgIpc) is 2.67. The minimum absolute atomic E-state index is 0.0195. The van der Waals surface area contributed by atoms with Crippen molar-refractivity contribution in [3.05, 3.63) is 94.8 Å². The van der Waals surface area contributed by atoms with Gasteiger partial charge in [-0.15, -0.1) is 0 Å². The van der Waals surface area contributed by atoms with Crippen LogP contribution in [0.25, 0.3) is 0 Å². The summed E-state index contributed by atoms with van der Waals surface area (Å²) in [5.41, 5.74) is 2.55. The van der Waals surface area contributed by atoms with Crippen molar-refractivity contribution in [1.82, 2.24) is 9.88 Å². The van der Waals surface area contributed by atoms with Crippen LogP contribution in [0.5, 0.6) is 5.75 Å². The highest BCUT2D eigenvalue weighted by Gasteiger charge is 2.23. The first kappa shape index (κ1) is 18.9. The summed E-state index contributed by atoms with van der Waals surface area (Å²) in [4.78, 5) is 18.8. The van der Waals surface area contributed by atoms with E-state index >= 15 is 0 Å². The molecule has 0 saturated carbocycles. The number of hydrogen-bond donors (Lipinski definition) is 1. The van der Waals surface area contributed by atoms with Crippen molar-refractivity contribution >= 4 is 17.5 Å². The molecule has 1 aromatic heterocycles. The monoisotopic (exact) mass is 380 g/mol. The molecule has 0 aliphatic carbocycles. The maximum atomic E-state index is 12.9. The summed E-state index contributed by atoms with van der Waals surface area (Å²) in [5, 5.41) is 10.5. The van der Waals surface area contributed by atoms with Gasteiger partial charge >= 0.3 is 0 Å². The van der Waals surface area contributed by atoms with Crippen molar-refractivity contribution in [3.8, 4) is 5.75 Å². The molecular formula is C22H21ClN2O2. The second kappa shape index (κ2) is 8.69. The summed E-state index contributed by atoms with van der Waals surface area (Å²) < 4.78 is 0. The van der Waals surface area contributed by atoms with Crippen molar-refractivity contribution in [2.45, 2.75) is 18.9 Å². The molecule has 0 aliphatic heterocycles. The molecule has 0 radical (unpaired) electrons. The average molecular weight is 381 g/mol. The third kappa shape index (κ3) is 4.86. The molecule has 2 aromatic carbocycles. The molecule has 0 spiro atoms. The lowest BCUT2D eigenvalue weighted by Crippen LogP contribution is -2.28. The molecule has 3 rings (SSSR count). The van der Waals surface area contributed by atoms with E-state index in [1.807, 2.05) is 48.5 Å². The van der Waals surface area contributed by atoms with Gasteiger partial charge in [-0.2, -0.15) is 0 Å². The van der Waals surface area contributed by atoms with Gasteiger partial charge in [0.05, 0.1) is 12.2 Å². The molecule has 3 aromatic rings. The number of pyridine rings is 1. The Morgan fingerprint density at radius 2 is 1.89 bits per heavy atom. The highest BCUT2D eigenvalue weighted by atomic mass is 35.5. The number of phenols is 1. The predicted octanol–water partition coefficient (Wildman–Crippen LogP) is 4.62. The van der Waals surface area contributed by atoms with Crippen LogP contribution in [-0.2, 0) is 11.3 Å². The number of hydrogen-bond acceptors (Lipinski definition) is 3. The van der Waals surface area contributed by atoms with Crippen LogP contribution in [0.2, 0.25) is 5.02 Å². The molecule has 0 fully saturated rings. The van der Waals surface area contributed by atoms with Gasteiger partial charge in [0.25, 0.3) is 0 Å². The van der Waals surface area contributed by atoms with E-state index in [4.69, 9.17) is 11.6 Å². The number of carbonyl (C=O) groups excluding carboxylic acids is 1. The Morgan fingerprint density at radius 1 is 1.11 bits per heavy atom. The fraction of sp³-hybridized carbons (Fsp3) is 0.182. The van der Waals surface area contributed by atoms with Crippen LogP contribution in [0.4, 0.5) is 0 Å². The molecule has 0 bridgehead atoms. The smallest absolute Gasteiger partial charge is 0.223 e. The van der Waals surface area contributed by atoms with Crippen molar-refractivity contribution in [1.29, 1.82) is 0 Å². The van der Waals surface area contributed by atoms with Crippen LogP contribution < -0.4 is 0 Å². The number of amides is 1. The number of benzene rings is 2. The van der Waals surface area contributed by atoms with Gasteiger partial charge < -0.3 is 10.0 Å². The van der Waals surface area contributed by atoms with Crippen molar-refractivity contribution < 1.29 is 9.90 Å². The number of nitrogens with zero attached hydrogens (tertiary/aromatic N) is 2. The largest absolute Gasteiger partial charge is 0.508 e. The quantitative estimate of drug-likeness (QED) is 0.678. The zero-order valence-electron chi connectivity index (χ0n) is 15.0. The van der Waals surface area contributed by atoms with E-state index in [9.17, 15) is 9.90 Å². The van der Waals surface area contributed by atoms with Gasteiger partial charge in [0.1, 0.15) is 5.75 Å². The first-order valence-corrected chi connectivity index (χ1v) is 9.09. The van der Waals surface area contributed by atoms with Crippen molar-refractivity contribution in [2.75, 3.05) is 7.05 Å². The highest BCUT2D eigenvalue weighted by molar-refractivity contribution is 6.31. The molecule has 1 atom stereocenters. The SMILES string of the molecule is CN(Cc1ccccn1)C(=O)C[C@H](c1cccc(O)c1)c1ccccc1Cl. The lowest BCUT2D eigenvalue weighted by atomic mass is 9.88. The summed E-state index contributed by atoms with van der Waals surface area (Å²) in [6.45, 7) is 0.439. The summed E-state index contributed by atoms with van der Waals surface area (Å²) >= 11 is 6.40. The maximum absolute atomic E-state index is 12.9. The lowest BCUT2D eigenvalue weighted by Gasteiger charge is -2.23. The molecule has 0 aliphatic rings. The fourth-order valence-corrected chi connectivity index (χ4v) is 3.33. The van der Waals surface area contributed by atoms with Crippen LogP contribution in [0.1, 0.15) is 29.2 Å². The molecule has 0 unspecified atom stereocenters. The Bertz CT molecular complexity index is 915. The van der Waals surface area contributed by atoms with Crippen LogP contribution in [0, 0.1) is 0 Å². The first-order valence-electron chi connectivity index (χ1n) is 8.72. The summed E-state index contributed by atoms with van der Waals surface area (Å²) in [6, 6.07) is 20.1. The van der Waals surface area contributed by atoms with E-state index in [1.54, 1.807) is 36.3 Å². The maximum Gasteiger partial charge on any atom is 0.223 e. The topological polar surface area (TPSA) is 53.4 Å². The van der Waals surface area contributed by atoms with Gasteiger partial charge in [-0.3, -0.25) is 9.78 Å². The Morgan fingerprint density at radius 3 is 2.59 bits per heavy atom. The van der Waals surface area contributed by atoms with Crippen LogP contribution >= 0.6 is 11.6 Å². The van der Waals surface area contributed by atoms with E-state index in [0.29, 0.717) is 11.6 Å². The van der Waals surface area contributed by atoms with Gasteiger partial charge in [0, 0.05) is 30.6 Å². The molecule has 0 saturated heterocycles. The van der Waals surface area contributed by atoms with E-state index in [-0.39, 0.29) is 24.0 Å². The van der Waals surface area contributed by atoms with Gasteiger partial charge in [-0.05, 0) is 41.5 Å². The minimum atomic E-state index is -0.246. The molecule has 5 heteroatoms. The number of aromatic nitrogens is 1. The van der Waals surface area contributed by atoms with E-state index in [0.717, 1.165) is 16.8 Å². The van der Waals surface area contributed by atoms with E-state index < -0.39 is 0 Å². The van der Waals surface area contributed by atoms with E-state index in [1.165, 1.54) is 0 Å². The number of phenolic OH excluding ortho intramolecular Hbond substituents is 1. The lowest BCUT2D eigenvalue weighted by molar-refractivity contribution is -0.130. The Hall–Kier alpha value is -2.85. The second-order valence-corrected chi connectivity index (χ2v) is 6.85. The van der Waals surface area contributed by atoms with Gasteiger partial charge in [0.2, 0.25) is 5.91 Å². The molecule has 1 heterocycles. The fourth-order valence-electron chi connectivity index (χ4n) is 3.06. The second-order valence-electron chi connectivity index (χ2n) is 6.44. The number of aromatic hydroxyl groups is 1. The van der Waals surface area contributed by atoms with Crippen LogP contribution in [0.15, 0.2) is 72.9 Å². The summed E-state index contributed by atoms with van der Waals surface area (Å²) in [7, 11) is 1.77. The van der Waals surface area contributed by atoms with Crippen molar-refractivity contribution in [3.63, 3.8) is 0 Å². The zero-order valence-corrected chi connectivity index (χ0v) is 15.8. The molecule has 1 N–H and O–H groups in total. The number of rotatable bonds is 6. The van der Waals surface area contributed by atoms with Gasteiger partial charge in [0.15, 0.2) is 0 Å². The van der Waals surface area contributed by atoms with Crippen molar-refractivity contribution in [2.24, 2.45) is 0 Å². The number of carbonyl (C=O) groups is 1.